The fraction of sp³-hybridized carbons (Fsp3) is 0.286. The van der Waals surface area contributed by atoms with Crippen LogP contribution >= 0.6 is 11.8 Å². The highest BCUT2D eigenvalue weighted by atomic mass is 32.2. The second kappa shape index (κ2) is 7.46. The van der Waals surface area contributed by atoms with Crippen molar-refractivity contribution in [1.29, 1.82) is 0 Å². The molecule has 0 saturated carbocycles. The molecule has 1 aliphatic rings. The number of hydrogen-bond acceptors (Lipinski definition) is 2. The summed E-state index contributed by atoms with van der Waals surface area (Å²) in [5.74, 6) is 0.748. The van der Waals surface area contributed by atoms with Crippen LogP contribution in [0.15, 0.2) is 66.7 Å². The van der Waals surface area contributed by atoms with Crippen LogP contribution in [-0.4, -0.2) is 47.3 Å². The second-order valence-electron chi connectivity index (χ2n) is 6.69. The zero-order valence-corrected chi connectivity index (χ0v) is 15.9. The summed E-state index contributed by atoms with van der Waals surface area (Å²) in [6.45, 7) is 3.00. The van der Waals surface area contributed by atoms with Crippen LogP contribution in [0.5, 0.6) is 0 Å². The van der Waals surface area contributed by atoms with E-state index in [9.17, 15) is 4.79 Å². The molecule has 4 heteroatoms. The lowest BCUT2D eigenvalue weighted by atomic mass is 9.97. The van der Waals surface area contributed by atoms with Crippen LogP contribution in [0, 0.1) is 0 Å². The average Bonchev–Trinajstić information content (AvgIpc) is 3.02. The maximum atomic E-state index is 12.5. The molecule has 1 atom stereocenters. The van der Waals surface area contributed by atoms with Crippen molar-refractivity contribution in [2.24, 2.45) is 0 Å². The SMILES string of the molecule is CC[N+](C)(C)N1C(=O)CSC1C=C(c1ccccc1)c1ccccc1. The van der Waals surface area contributed by atoms with E-state index in [0.717, 1.165) is 6.54 Å². The van der Waals surface area contributed by atoms with Crippen LogP contribution in [0.4, 0.5) is 0 Å². The van der Waals surface area contributed by atoms with Gasteiger partial charge in [0.1, 0.15) is 5.37 Å². The Morgan fingerprint density at radius 1 is 1.08 bits per heavy atom. The average molecular weight is 354 g/mol. The van der Waals surface area contributed by atoms with Gasteiger partial charge in [0.05, 0.1) is 26.4 Å². The number of benzene rings is 2. The van der Waals surface area contributed by atoms with E-state index in [1.165, 1.54) is 16.7 Å². The first-order valence-corrected chi connectivity index (χ1v) is 9.67. The summed E-state index contributed by atoms with van der Waals surface area (Å²) in [4.78, 5) is 12.5. The predicted octanol–water partition coefficient (Wildman–Crippen LogP) is 4.03. The minimum absolute atomic E-state index is 0.0397. The molecule has 3 rings (SSSR count). The van der Waals surface area contributed by atoms with Gasteiger partial charge in [-0.25, -0.2) is 4.59 Å². The number of carbonyl (C=O) groups excluding carboxylic acids is 1. The fourth-order valence-corrected chi connectivity index (χ4v) is 4.25. The van der Waals surface area contributed by atoms with E-state index >= 15 is 0 Å². The van der Waals surface area contributed by atoms with Crippen molar-refractivity contribution in [3.05, 3.63) is 77.9 Å². The van der Waals surface area contributed by atoms with Gasteiger partial charge in [0, 0.05) is 0 Å². The highest BCUT2D eigenvalue weighted by Gasteiger charge is 2.41. The van der Waals surface area contributed by atoms with Gasteiger partial charge in [0.15, 0.2) is 0 Å². The van der Waals surface area contributed by atoms with E-state index in [2.05, 4.69) is 75.6 Å². The molecule has 1 fully saturated rings. The Labute approximate surface area is 154 Å². The van der Waals surface area contributed by atoms with Gasteiger partial charge in [0.25, 0.3) is 5.91 Å². The van der Waals surface area contributed by atoms with E-state index in [4.69, 9.17) is 0 Å². The van der Waals surface area contributed by atoms with E-state index in [0.29, 0.717) is 10.3 Å². The first-order chi connectivity index (χ1) is 12.0. The van der Waals surface area contributed by atoms with E-state index in [1.807, 2.05) is 17.1 Å². The number of carbonyl (C=O) groups is 1. The highest BCUT2D eigenvalue weighted by molar-refractivity contribution is 8.01. The smallest absolute Gasteiger partial charge is 0.269 e. The minimum atomic E-state index is 0.0397. The zero-order valence-electron chi connectivity index (χ0n) is 15.1. The molecular formula is C21H25N2OS+. The van der Waals surface area contributed by atoms with Crippen molar-refractivity contribution in [3.63, 3.8) is 0 Å². The quantitative estimate of drug-likeness (QED) is 0.757. The Kier molecular flexibility index (Phi) is 5.30. The number of thioether (sulfide) groups is 1. The van der Waals surface area contributed by atoms with Crippen LogP contribution in [0.3, 0.4) is 0 Å². The van der Waals surface area contributed by atoms with Crippen LogP contribution in [0.2, 0.25) is 0 Å². The Hall–Kier alpha value is -2.04. The van der Waals surface area contributed by atoms with Gasteiger partial charge >= 0.3 is 0 Å². The van der Waals surface area contributed by atoms with Crippen molar-refractivity contribution in [2.75, 3.05) is 26.4 Å². The first-order valence-electron chi connectivity index (χ1n) is 8.62. The van der Waals surface area contributed by atoms with Gasteiger partial charge in [-0.1, -0.05) is 60.7 Å². The molecule has 1 aliphatic heterocycles. The molecule has 1 amide bonds. The van der Waals surface area contributed by atoms with E-state index in [-0.39, 0.29) is 11.3 Å². The predicted molar refractivity (Wildman–Crippen MR) is 106 cm³/mol. The van der Waals surface area contributed by atoms with Gasteiger partial charge < -0.3 is 0 Å². The monoisotopic (exact) mass is 353 g/mol. The number of amides is 1. The molecular weight excluding hydrogens is 328 g/mol. The summed E-state index contributed by atoms with van der Waals surface area (Å²) in [5.41, 5.74) is 3.53. The molecule has 0 aliphatic carbocycles. The maximum absolute atomic E-state index is 12.5. The molecule has 3 nitrogen and oxygen atoms in total. The number of rotatable bonds is 5. The molecule has 0 N–H and O–H groups in total. The summed E-state index contributed by atoms with van der Waals surface area (Å²) in [6, 6.07) is 20.8. The van der Waals surface area contributed by atoms with Crippen LogP contribution in [0.1, 0.15) is 18.1 Å². The van der Waals surface area contributed by atoms with Gasteiger partial charge in [-0.05, 0) is 29.7 Å². The molecule has 2 aromatic rings. The van der Waals surface area contributed by atoms with E-state index in [1.54, 1.807) is 11.8 Å². The van der Waals surface area contributed by atoms with Crippen LogP contribution in [0.25, 0.3) is 5.57 Å². The van der Waals surface area contributed by atoms with Gasteiger partial charge in [-0.3, -0.25) is 4.79 Å². The number of quaternary nitrogens is 1. The lowest BCUT2D eigenvalue weighted by Gasteiger charge is -2.38. The third-order valence-corrected chi connectivity index (χ3v) is 5.80. The molecule has 0 bridgehead atoms. The van der Waals surface area contributed by atoms with Gasteiger partial charge in [-0.2, -0.15) is 5.01 Å². The molecule has 0 radical (unpaired) electrons. The number of hydrogen-bond donors (Lipinski definition) is 0. The first kappa shape index (κ1) is 17.8. The molecule has 25 heavy (non-hydrogen) atoms. The Morgan fingerprint density at radius 3 is 2.08 bits per heavy atom. The fourth-order valence-electron chi connectivity index (χ4n) is 3.05. The molecule has 2 aromatic carbocycles. The molecule has 0 aromatic heterocycles. The largest absolute Gasteiger partial charge is 0.279 e. The highest BCUT2D eigenvalue weighted by Crippen LogP contribution is 2.34. The molecule has 1 heterocycles. The normalized spacial score (nSPS) is 17.6. The van der Waals surface area contributed by atoms with Crippen molar-refractivity contribution >= 4 is 23.2 Å². The van der Waals surface area contributed by atoms with Gasteiger partial charge in [0.2, 0.25) is 0 Å². The van der Waals surface area contributed by atoms with Crippen molar-refractivity contribution in [3.8, 4) is 0 Å². The standard InChI is InChI=1S/C21H25N2OS/c1-4-23(2,3)22-20(24)16-25-21(22)15-19(17-11-7-5-8-12-17)18-13-9-6-10-14-18/h5-15,21H,4,16H2,1-3H3/q+1. The molecule has 130 valence electrons. The Balaban J connectivity index is 2.05. The summed E-state index contributed by atoms with van der Waals surface area (Å²) < 4.78 is 0.573. The van der Waals surface area contributed by atoms with Gasteiger partial charge in [-0.15, -0.1) is 11.8 Å². The maximum Gasteiger partial charge on any atom is 0.279 e. The summed E-state index contributed by atoms with van der Waals surface area (Å²) >= 11 is 1.70. The van der Waals surface area contributed by atoms with Crippen LogP contribution in [-0.2, 0) is 4.79 Å². The summed E-state index contributed by atoms with van der Waals surface area (Å²) in [5, 5.41) is 2.04. The lowest BCUT2D eigenvalue weighted by Crippen LogP contribution is -2.57. The van der Waals surface area contributed by atoms with Crippen molar-refractivity contribution in [2.45, 2.75) is 12.3 Å². The van der Waals surface area contributed by atoms with Crippen molar-refractivity contribution < 1.29 is 9.39 Å². The topological polar surface area (TPSA) is 20.3 Å². The summed E-state index contributed by atoms with van der Waals surface area (Å²) in [7, 11) is 4.19. The Morgan fingerprint density at radius 2 is 1.60 bits per heavy atom. The third-order valence-electron chi connectivity index (χ3n) is 4.71. The lowest BCUT2D eigenvalue weighted by molar-refractivity contribution is -0.989. The number of nitrogens with zero attached hydrogens (tertiary/aromatic N) is 2. The minimum Gasteiger partial charge on any atom is -0.269 e. The zero-order chi connectivity index (χ0) is 17.9. The second-order valence-corrected chi connectivity index (χ2v) is 7.79. The molecule has 1 saturated heterocycles. The van der Waals surface area contributed by atoms with E-state index < -0.39 is 0 Å². The summed E-state index contributed by atoms with van der Waals surface area (Å²) in [6.07, 6.45) is 2.25. The Bertz CT molecular complexity index is 714. The van der Waals surface area contributed by atoms with Crippen molar-refractivity contribution in [1.82, 2.24) is 5.01 Å². The molecule has 1 unspecified atom stereocenters. The van der Waals surface area contributed by atoms with Crippen LogP contribution < -0.4 is 0 Å². The third kappa shape index (κ3) is 3.80. The molecule has 0 spiro atoms.